The third kappa shape index (κ3) is 2.26. The maximum Gasteiger partial charge on any atom is 0.354 e. The van der Waals surface area contributed by atoms with Crippen molar-refractivity contribution in [2.45, 2.75) is 6.54 Å². The minimum Gasteiger partial charge on any atom is -0.464 e. The van der Waals surface area contributed by atoms with Crippen molar-refractivity contribution in [3.63, 3.8) is 0 Å². The summed E-state index contributed by atoms with van der Waals surface area (Å²) in [5.41, 5.74) is 3.76. The SMILES string of the molecule is COC(=O)c1cc2occc2n1Cc1ccc2ccccc2n1. The largest absolute Gasteiger partial charge is 0.464 e. The van der Waals surface area contributed by atoms with Crippen LogP contribution in [0.3, 0.4) is 0 Å². The summed E-state index contributed by atoms with van der Waals surface area (Å²) in [7, 11) is 1.37. The fourth-order valence-electron chi connectivity index (χ4n) is 2.78. The summed E-state index contributed by atoms with van der Waals surface area (Å²) in [6.45, 7) is 0.471. The van der Waals surface area contributed by atoms with Crippen LogP contribution >= 0.6 is 0 Å². The van der Waals surface area contributed by atoms with Gasteiger partial charge in [0.15, 0.2) is 5.58 Å². The van der Waals surface area contributed by atoms with Gasteiger partial charge in [-0.2, -0.15) is 0 Å². The molecule has 3 heterocycles. The number of para-hydroxylation sites is 1. The summed E-state index contributed by atoms with van der Waals surface area (Å²) >= 11 is 0. The zero-order chi connectivity index (χ0) is 15.8. The van der Waals surface area contributed by atoms with Gasteiger partial charge >= 0.3 is 5.97 Å². The lowest BCUT2D eigenvalue weighted by Gasteiger charge is -2.09. The first-order valence-corrected chi connectivity index (χ1v) is 7.26. The molecule has 114 valence electrons. The highest BCUT2D eigenvalue weighted by molar-refractivity contribution is 5.94. The van der Waals surface area contributed by atoms with Gasteiger partial charge in [-0.15, -0.1) is 0 Å². The molecule has 0 aliphatic rings. The highest BCUT2D eigenvalue weighted by Crippen LogP contribution is 2.23. The van der Waals surface area contributed by atoms with Gasteiger partial charge < -0.3 is 13.7 Å². The molecule has 4 aromatic rings. The van der Waals surface area contributed by atoms with Crippen LogP contribution in [0, 0.1) is 0 Å². The van der Waals surface area contributed by atoms with Crippen molar-refractivity contribution in [3.05, 3.63) is 66.2 Å². The van der Waals surface area contributed by atoms with Crippen LogP contribution in [0.15, 0.2) is 59.2 Å². The number of ether oxygens (including phenoxy) is 1. The normalized spacial score (nSPS) is 11.2. The van der Waals surface area contributed by atoms with Gasteiger partial charge in [0.25, 0.3) is 0 Å². The number of carbonyl (C=O) groups is 1. The molecule has 4 rings (SSSR count). The monoisotopic (exact) mass is 306 g/mol. The highest BCUT2D eigenvalue weighted by atomic mass is 16.5. The summed E-state index contributed by atoms with van der Waals surface area (Å²) in [5, 5.41) is 1.09. The van der Waals surface area contributed by atoms with Gasteiger partial charge in [0.05, 0.1) is 36.6 Å². The second kappa shape index (κ2) is 5.28. The van der Waals surface area contributed by atoms with Gasteiger partial charge in [-0.1, -0.05) is 24.3 Å². The molecule has 0 atom stereocenters. The van der Waals surface area contributed by atoms with Crippen LogP contribution in [0.5, 0.6) is 0 Å². The molecule has 0 aliphatic heterocycles. The van der Waals surface area contributed by atoms with E-state index in [1.807, 2.05) is 47.0 Å². The minimum atomic E-state index is -0.391. The maximum absolute atomic E-state index is 12.0. The van der Waals surface area contributed by atoms with Crippen LogP contribution in [0.4, 0.5) is 0 Å². The number of esters is 1. The third-order valence-electron chi connectivity index (χ3n) is 3.89. The number of rotatable bonds is 3. The van der Waals surface area contributed by atoms with Gasteiger partial charge in [-0.3, -0.25) is 4.98 Å². The van der Waals surface area contributed by atoms with E-state index in [1.165, 1.54) is 7.11 Å². The Balaban J connectivity index is 1.81. The van der Waals surface area contributed by atoms with E-state index in [1.54, 1.807) is 12.3 Å². The molecule has 0 fully saturated rings. The van der Waals surface area contributed by atoms with Gasteiger partial charge in [0.2, 0.25) is 0 Å². The van der Waals surface area contributed by atoms with E-state index in [4.69, 9.17) is 9.15 Å². The molecular weight excluding hydrogens is 292 g/mol. The number of carbonyl (C=O) groups excluding carboxylic acids is 1. The van der Waals surface area contributed by atoms with Crippen LogP contribution in [0.1, 0.15) is 16.2 Å². The number of aromatic nitrogens is 2. The Kier molecular flexibility index (Phi) is 3.12. The maximum atomic E-state index is 12.0. The summed E-state index contributed by atoms with van der Waals surface area (Å²) < 4.78 is 12.1. The lowest BCUT2D eigenvalue weighted by molar-refractivity contribution is 0.0589. The first-order valence-electron chi connectivity index (χ1n) is 7.26. The molecule has 0 radical (unpaired) electrons. The fraction of sp³-hybridized carbons (Fsp3) is 0.111. The number of nitrogens with zero attached hydrogens (tertiary/aromatic N) is 2. The van der Waals surface area contributed by atoms with Crippen LogP contribution in [0.2, 0.25) is 0 Å². The van der Waals surface area contributed by atoms with Crippen LogP contribution in [-0.2, 0) is 11.3 Å². The van der Waals surface area contributed by atoms with Crippen molar-refractivity contribution in [3.8, 4) is 0 Å². The first kappa shape index (κ1) is 13.6. The van der Waals surface area contributed by atoms with E-state index in [-0.39, 0.29) is 0 Å². The Morgan fingerprint density at radius 3 is 2.96 bits per heavy atom. The number of methoxy groups -OCH3 is 1. The van der Waals surface area contributed by atoms with Crippen LogP contribution in [0.25, 0.3) is 22.0 Å². The molecule has 23 heavy (non-hydrogen) atoms. The number of furan rings is 1. The van der Waals surface area contributed by atoms with Crippen molar-refractivity contribution in [1.29, 1.82) is 0 Å². The zero-order valence-corrected chi connectivity index (χ0v) is 12.5. The molecule has 0 amide bonds. The molecule has 3 aromatic heterocycles. The molecule has 0 spiro atoms. The molecule has 0 aliphatic carbocycles. The molecular formula is C18H14N2O3. The average Bonchev–Trinajstić information content (AvgIpc) is 3.17. The van der Waals surface area contributed by atoms with Crippen molar-refractivity contribution in [2.75, 3.05) is 7.11 Å². The van der Waals surface area contributed by atoms with E-state index in [2.05, 4.69) is 4.98 Å². The Labute approximate surface area is 132 Å². The van der Waals surface area contributed by atoms with Crippen molar-refractivity contribution in [2.24, 2.45) is 0 Å². The van der Waals surface area contributed by atoms with E-state index in [0.29, 0.717) is 17.8 Å². The Morgan fingerprint density at radius 2 is 2.09 bits per heavy atom. The lowest BCUT2D eigenvalue weighted by atomic mass is 10.2. The molecule has 0 bridgehead atoms. The predicted molar refractivity (Wildman–Crippen MR) is 86.4 cm³/mol. The number of benzene rings is 1. The minimum absolute atomic E-state index is 0.391. The molecule has 0 unspecified atom stereocenters. The fourth-order valence-corrected chi connectivity index (χ4v) is 2.78. The quantitative estimate of drug-likeness (QED) is 0.542. The van der Waals surface area contributed by atoms with E-state index in [0.717, 1.165) is 22.1 Å². The second-order valence-corrected chi connectivity index (χ2v) is 5.27. The summed E-state index contributed by atoms with van der Waals surface area (Å²) in [6.07, 6.45) is 1.61. The number of pyridine rings is 1. The van der Waals surface area contributed by atoms with Gasteiger partial charge in [0.1, 0.15) is 5.69 Å². The molecule has 1 aromatic carbocycles. The number of hydrogen-bond donors (Lipinski definition) is 0. The van der Waals surface area contributed by atoms with E-state index < -0.39 is 5.97 Å². The van der Waals surface area contributed by atoms with E-state index >= 15 is 0 Å². The number of fused-ring (bicyclic) bond motifs is 2. The summed E-state index contributed by atoms with van der Waals surface area (Å²) in [4.78, 5) is 16.7. The predicted octanol–water partition coefficient (Wildman–Crippen LogP) is 3.62. The van der Waals surface area contributed by atoms with Crippen molar-refractivity contribution >= 4 is 28.0 Å². The third-order valence-corrected chi connectivity index (χ3v) is 3.89. The van der Waals surface area contributed by atoms with Crippen molar-refractivity contribution in [1.82, 2.24) is 9.55 Å². The second-order valence-electron chi connectivity index (χ2n) is 5.27. The first-order chi connectivity index (χ1) is 11.3. The highest BCUT2D eigenvalue weighted by Gasteiger charge is 2.18. The number of hydrogen-bond acceptors (Lipinski definition) is 4. The lowest BCUT2D eigenvalue weighted by Crippen LogP contribution is -2.12. The molecule has 5 nitrogen and oxygen atoms in total. The van der Waals surface area contributed by atoms with Gasteiger partial charge in [-0.25, -0.2) is 4.79 Å². The Hall–Kier alpha value is -3.08. The van der Waals surface area contributed by atoms with Crippen LogP contribution in [-0.4, -0.2) is 22.6 Å². The van der Waals surface area contributed by atoms with E-state index in [9.17, 15) is 4.79 Å². The average molecular weight is 306 g/mol. The van der Waals surface area contributed by atoms with Crippen LogP contribution < -0.4 is 0 Å². The zero-order valence-electron chi connectivity index (χ0n) is 12.5. The van der Waals surface area contributed by atoms with Crippen molar-refractivity contribution < 1.29 is 13.9 Å². The molecule has 0 N–H and O–H groups in total. The summed E-state index contributed by atoms with van der Waals surface area (Å²) in [5.74, 6) is -0.391. The smallest absolute Gasteiger partial charge is 0.354 e. The molecule has 5 heteroatoms. The van der Waals surface area contributed by atoms with Gasteiger partial charge in [0, 0.05) is 17.5 Å². The Bertz CT molecular complexity index is 1010. The summed E-state index contributed by atoms with van der Waals surface area (Å²) in [6, 6.07) is 15.5. The Morgan fingerprint density at radius 1 is 1.22 bits per heavy atom. The topological polar surface area (TPSA) is 57.3 Å². The standard InChI is InChI=1S/C18H14N2O3/c1-22-18(21)16-10-17-15(8-9-23-17)20(16)11-13-7-6-12-4-2-3-5-14(12)19-13/h2-10H,11H2,1H3. The molecule has 0 saturated carbocycles. The molecule has 0 saturated heterocycles. The van der Waals surface area contributed by atoms with Gasteiger partial charge in [-0.05, 0) is 12.1 Å².